The van der Waals surface area contributed by atoms with E-state index in [1.54, 1.807) is 0 Å². The van der Waals surface area contributed by atoms with Crippen molar-refractivity contribution >= 4 is 5.78 Å². The highest BCUT2D eigenvalue weighted by Gasteiger charge is 2.20. The molecule has 27 heavy (non-hydrogen) atoms. The molecular formula is C21H41N3O3. The Hall–Kier alpha value is -1.27. The van der Waals surface area contributed by atoms with Gasteiger partial charge in [-0.1, -0.05) is 46.8 Å². The number of aliphatic hydroxyl groups excluding tert-OH is 1. The van der Waals surface area contributed by atoms with E-state index in [2.05, 4.69) is 38.0 Å². The van der Waals surface area contributed by atoms with Crippen LogP contribution in [0, 0.1) is 17.8 Å². The summed E-state index contributed by atoms with van der Waals surface area (Å²) in [5.74, 6) is 1.44. The number of carbonyl (C=O) groups is 1. The number of Topliss-reactive ketones (excluding diaryl/α,β-unsaturated/α-hetero) is 1. The van der Waals surface area contributed by atoms with Gasteiger partial charge in [0.15, 0.2) is 0 Å². The molecule has 0 aliphatic carbocycles. The monoisotopic (exact) mass is 383 g/mol. The van der Waals surface area contributed by atoms with Gasteiger partial charge in [-0.05, 0) is 32.1 Å². The van der Waals surface area contributed by atoms with Gasteiger partial charge in [0.05, 0.1) is 17.8 Å². The van der Waals surface area contributed by atoms with Crippen LogP contribution >= 0.6 is 0 Å². The van der Waals surface area contributed by atoms with Crippen LogP contribution in [0.1, 0.15) is 73.9 Å². The van der Waals surface area contributed by atoms with E-state index in [1.807, 2.05) is 38.6 Å². The van der Waals surface area contributed by atoms with Crippen LogP contribution in [0.25, 0.3) is 0 Å². The van der Waals surface area contributed by atoms with Crippen molar-refractivity contribution < 1.29 is 14.6 Å². The summed E-state index contributed by atoms with van der Waals surface area (Å²) in [7, 11) is 0. The Kier molecular flexibility index (Phi) is 12.4. The van der Waals surface area contributed by atoms with E-state index in [9.17, 15) is 4.79 Å². The third kappa shape index (κ3) is 13.5. The standard InChI is InChI=1S/C17H31N3O2.C4H10O/c1-13(2)9-10-22-17(5,6)12-20-11-15(18-19-20)7-8-16(21)14(3)4;1-4(2)3-5/h11,13-14H,7-10,12H2,1-6H3;4-5H,3H2,1-2H3. The number of ether oxygens (including phenoxy) is 1. The van der Waals surface area contributed by atoms with E-state index in [4.69, 9.17) is 9.84 Å². The summed E-state index contributed by atoms with van der Waals surface area (Å²) in [5, 5.41) is 16.4. The van der Waals surface area contributed by atoms with Gasteiger partial charge in [0.1, 0.15) is 5.78 Å². The van der Waals surface area contributed by atoms with Gasteiger partial charge in [0.2, 0.25) is 0 Å². The maximum atomic E-state index is 11.6. The number of carbonyl (C=O) groups excluding carboxylic acids is 1. The van der Waals surface area contributed by atoms with Crippen molar-refractivity contribution in [1.29, 1.82) is 0 Å². The third-order valence-corrected chi connectivity index (χ3v) is 3.95. The second-order valence-electron chi connectivity index (χ2n) is 8.90. The van der Waals surface area contributed by atoms with E-state index in [0.29, 0.717) is 37.8 Å². The fourth-order valence-corrected chi connectivity index (χ4v) is 2.08. The van der Waals surface area contributed by atoms with Crippen molar-refractivity contribution in [1.82, 2.24) is 15.0 Å². The fourth-order valence-electron chi connectivity index (χ4n) is 2.08. The number of ketones is 1. The molecule has 0 saturated carbocycles. The molecule has 6 heteroatoms. The van der Waals surface area contributed by atoms with E-state index in [1.165, 1.54) is 0 Å². The molecule has 0 aromatic carbocycles. The second-order valence-corrected chi connectivity index (χ2v) is 8.90. The Balaban J connectivity index is 0.00000119. The second kappa shape index (κ2) is 13.0. The maximum absolute atomic E-state index is 11.6. The minimum Gasteiger partial charge on any atom is -0.396 e. The minimum atomic E-state index is -0.270. The summed E-state index contributed by atoms with van der Waals surface area (Å²) in [6.45, 7) is 18.0. The predicted octanol–water partition coefficient (Wildman–Crippen LogP) is 3.91. The molecule has 6 nitrogen and oxygen atoms in total. The molecule has 0 aliphatic rings. The summed E-state index contributed by atoms with van der Waals surface area (Å²) in [6.07, 6.45) is 4.17. The zero-order valence-electron chi connectivity index (χ0n) is 18.7. The molecule has 0 spiro atoms. The lowest BCUT2D eigenvalue weighted by Crippen LogP contribution is -2.31. The Bertz CT molecular complexity index is 522. The van der Waals surface area contributed by atoms with Crippen LogP contribution in [0.3, 0.4) is 0 Å². The van der Waals surface area contributed by atoms with Crippen LogP contribution in [-0.2, 0) is 22.5 Å². The quantitative estimate of drug-likeness (QED) is 0.627. The summed E-state index contributed by atoms with van der Waals surface area (Å²) in [4.78, 5) is 11.6. The zero-order valence-corrected chi connectivity index (χ0v) is 18.7. The molecule has 158 valence electrons. The Morgan fingerprint density at radius 2 is 1.78 bits per heavy atom. The molecule has 0 amide bonds. The van der Waals surface area contributed by atoms with Crippen LogP contribution < -0.4 is 0 Å². The Morgan fingerprint density at radius 1 is 1.19 bits per heavy atom. The van der Waals surface area contributed by atoms with Gasteiger partial charge < -0.3 is 9.84 Å². The van der Waals surface area contributed by atoms with Crippen molar-refractivity contribution in [2.45, 2.75) is 86.8 Å². The maximum Gasteiger partial charge on any atom is 0.135 e. The Morgan fingerprint density at radius 3 is 2.26 bits per heavy atom. The lowest BCUT2D eigenvalue weighted by Gasteiger charge is -2.25. The van der Waals surface area contributed by atoms with Crippen molar-refractivity contribution in [3.8, 4) is 0 Å². The van der Waals surface area contributed by atoms with Crippen LogP contribution in [0.4, 0.5) is 0 Å². The predicted molar refractivity (Wildman–Crippen MR) is 110 cm³/mol. The number of aryl methyl sites for hydroxylation is 1. The summed E-state index contributed by atoms with van der Waals surface area (Å²) in [5.41, 5.74) is 0.597. The van der Waals surface area contributed by atoms with E-state index in [0.717, 1.165) is 18.7 Å². The number of hydrogen-bond acceptors (Lipinski definition) is 5. The van der Waals surface area contributed by atoms with E-state index >= 15 is 0 Å². The highest BCUT2D eigenvalue weighted by Crippen LogP contribution is 2.14. The van der Waals surface area contributed by atoms with E-state index in [-0.39, 0.29) is 17.3 Å². The molecule has 1 heterocycles. The molecule has 1 rings (SSSR count). The van der Waals surface area contributed by atoms with Crippen molar-refractivity contribution in [2.75, 3.05) is 13.2 Å². The average Bonchev–Trinajstić information content (AvgIpc) is 2.98. The molecule has 1 N–H and O–H groups in total. The first-order valence-corrected chi connectivity index (χ1v) is 10.1. The van der Waals surface area contributed by atoms with Crippen molar-refractivity contribution in [3.05, 3.63) is 11.9 Å². The van der Waals surface area contributed by atoms with Gasteiger partial charge in [-0.3, -0.25) is 4.79 Å². The smallest absolute Gasteiger partial charge is 0.135 e. The van der Waals surface area contributed by atoms with Gasteiger partial charge in [0, 0.05) is 38.2 Å². The number of aromatic nitrogens is 3. The molecule has 0 atom stereocenters. The lowest BCUT2D eigenvalue weighted by atomic mass is 10.0. The normalized spacial score (nSPS) is 11.9. The number of hydrogen-bond donors (Lipinski definition) is 1. The van der Waals surface area contributed by atoms with Crippen molar-refractivity contribution in [2.24, 2.45) is 17.8 Å². The largest absolute Gasteiger partial charge is 0.396 e. The van der Waals surface area contributed by atoms with Crippen molar-refractivity contribution in [3.63, 3.8) is 0 Å². The SMILES string of the molecule is CC(C)CCOC(C)(C)Cn1cc(CCC(=O)C(C)C)nn1.CC(C)CO. The Labute approximate surface area is 165 Å². The first-order chi connectivity index (χ1) is 12.5. The molecule has 0 saturated heterocycles. The molecule has 0 radical (unpaired) electrons. The van der Waals surface area contributed by atoms with Gasteiger partial charge in [-0.15, -0.1) is 5.10 Å². The number of aliphatic hydroxyl groups is 1. The number of nitrogens with zero attached hydrogens (tertiary/aromatic N) is 3. The lowest BCUT2D eigenvalue weighted by molar-refractivity contribution is -0.121. The number of rotatable bonds is 11. The first kappa shape index (κ1) is 25.7. The van der Waals surface area contributed by atoms with Gasteiger partial charge >= 0.3 is 0 Å². The summed E-state index contributed by atoms with van der Waals surface area (Å²) >= 11 is 0. The van der Waals surface area contributed by atoms with Gasteiger partial charge in [-0.2, -0.15) is 0 Å². The van der Waals surface area contributed by atoms with Crippen LogP contribution in [0.5, 0.6) is 0 Å². The van der Waals surface area contributed by atoms with Crippen LogP contribution in [0.15, 0.2) is 6.20 Å². The highest BCUT2D eigenvalue weighted by atomic mass is 16.5. The van der Waals surface area contributed by atoms with E-state index < -0.39 is 0 Å². The summed E-state index contributed by atoms with van der Waals surface area (Å²) in [6, 6.07) is 0. The topological polar surface area (TPSA) is 77.2 Å². The molecule has 0 unspecified atom stereocenters. The fraction of sp³-hybridized carbons (Fsp3) is 0.857. The molecule has 1 aromatic heterocycles. The third-order valence-electron chi connectivity index (χ3n) is 3.95. The molecule has 1 aromatic rings. The highest BCUT2D eigenvalue weighted by molar-refractivity contribution is 5.80. The molecule has 0 aliphatic heterocycles. The molecule has 0 bridgehead atoms. The van der Waals surface area contributed by atoms with Crippen LogP contribution in [-0.4, -0.2) is 44.7 Å². The summed E-state index contributed by atoms with van der Waals surface area (Å²) < 4.78 is 7.75. The van der Waals surface area contributed by atoms with Crippen LogP contribution in [0.2, 0.25) is 0 Å². The first-order valence-electron chi connectivity index (χ1n) is 10.1. The molecule has 0 fully saturated rings. The minimum absolute atomic E-state index is 0.0864. The van der Waals surface area contributed by atoms with Gasteiger partial charge in [0.25, 0.3) is 0 Å². The molecular weight excluding hydrogens is 342 g/mol. The van der Waals surface area contributed by atoms with Gasteiger partial charge in [-0.25, -0.2) is 4.68 Å². The zero-order chi connectivity index (χ0) is 21.0. The average molecular weight is 384 g/mol.